The van der Waals surface area contributed by atoms with Crippen molar-refractivity contribution in [2.24, 2.45) is 4.99 Å². The molecular weight excluding hydrogens is 395 g/mol. The van der Waals surface area contributed by atoms with E-state index in [-0.39, 0.29) is 35.5 Å². The fourth-order valence-corrected chi connectivity index (χ4v) is 1.67. The predicted octanol–water partition coefficient (Wildman–Crippen LogP) is 2.25. The van der Waals surface area contributed by atoms with E-state index in [9.17, 15) is 8.78 Å². The van der Waals surface area contributed by atoms with Crippen LogP contribution < -0.4 is 20.1 Å². The van der Waals surface area contributed by atoms with Crippen molar-refractivity contribution in [3.05, 3.63) is 23.8 Å². The third-order valence-corrected chi connectivity index (χ3v) is 2.61. The third-order valence-electron chi connectivity index (χ3n) is 2.61. The number of halogens is 3. The highest BCUT2D eigenvalue weighted by atomic mass is 127. The van der Waals surface area contributed by atoms with E-state index in [1.54, 1.807) is 32.3 Å². The molecule has 21 heavy (non-hydrogen) atoms. The second-order valence-corrected chi connectivity index (χ2v) is 3.86. The highest BCUT2D eigenvalue weighted by Gasteiger charge is 2.11. The molecule has 1 rings (SSSR count). The standard InChI is InChI=1S/C13H19F2N3O2.HI/c1-16-13(17-2)18-7-6-9-4-5-10(19-3)11(8-9)20-12(14)15;/h4-5,8,12H,6-7H2,1-3H3,(H2,16,17,18);1H. The summed E-state index contributed by atoms with van der Waals surface area (Å²) in [5, 5.41) is 5.96. The lowest BCUT2D eigenvalue weighted by Crippen LogP contribution is -2.35. The number of alkyl halides is 2. The van der Waals surface area contributed by atoms with Crippen molar-refractivity contribution in [1.82, 2.24) is 10.6 Å². The first-order valence-electron chi connectivity index (χ1n) is 6.10. The quantitative estimate of drug-likeness (QED) is 0.425. The molecule has 0 saturated heterocycles. The zero-order valence-electron chi connectivity index (χ0n) is 12.2. The average Bonchev–Trinajstić information content (AvgIpc) is 2.43. The van der Waals surface area contributed by atoms with Crippen molar-refractivity contribution < 1.29 is 18.3 Å². The maximum atomic E-state index is 12.3. The Hall–Kier alpha value is -1.32. The number of hydrogen-bond acceptors (Lipinski definition) is 3. The normalized spacial score (nSPS) is 10.9. The molecule has 0 aromatic heterocycles. The highest BCUT2D eigenvalue weighted by Crippen LogP contribution is 2.29. The molecule has 5 nitrogen and oxygen atoms in total. The van der Waals surface area contributed by atoms with Gasteiger partial charge in [-0.15, -0.1) is 24.0 Å². The van der Waals surface area contributed by atoms with E-state index < -0.39 is 6.61 Å². The first kappa shape index (κ1) is 19.7. The van der Waals surface area contributed by atoms with Crippen LogP contribution in [-0.4, -0.2) is 40.3 Å². The lowest BCUT2D eigenvalue weighted by molar-refractivity contribution is -0.0512. The smallest absolute Gasteiger partial charge is 0.387 e. The van der Waals surface area contributed by atoms with Crippen LogP contribution in [0.3, 0.4) is 0 Å². The van der Waals surface area contributed by atoms with Gasteiger partial charge in [0.1, 0.15) is 0 Å². The van der Waals surface area contributed by atoms with Crippen LogP contribution in [0.2, 0.25) is 0 Å². The number of rotatable bonds is 6. The summed E-state index contributed by atoms with van der Waals surface area (Å²) in [4.78, 5) is 3.97. The maximum Gasteiger partial charge on any atom is 0.387 e. The zero-order valence-corrected chi connectivity index (χ0v) is 14.5. The molecule has 0 fully saturated rings. The molecule has 0 atom stereocenters. The van der Waals surface area contributed by atoms with Gasteiger partial charge in [-0.05, 0) is 24.1 Å². The molecule has 0 aliphatic heterocycles. The van der Waals surface area contributed by atoms with Gasteiger partial charge < -0.3 is 20.1 Å². The Morgan fingerprint density at radius 3 is 2.57 bits per heavy atom. The van der Waals surface area contributed by atoms with Crippen LogP contribution in [-0.2, 0) is 6.42 Å². The fourth-order valence-electron chi connectivity index (χ4n) is 1.67. The van der Waals surface area contributed by atoms with E-state index in [1.807, 2.05) is 0 Å². The van der Waals surface area contributed by atoms with Gasteiger partial charge in [0.05, 0.1) is 7.11 Å². The largest absolute Gasteiger partial charge is 0.493 e. The van der Waals surface area contributed by atoms with Gasteiger partial charge >= 0.3 is 6.61 Å². The number of aliphatic imine (C=N–C) groups is 1. The van der Waals surface area contributed by atoms with Crippen molar-refractivity contribution in [2.75, 3.05) is 27.7 Å². The summed E-state index contributed by atoms with van der Waals surface area (Å²) >= 11 is 0. The zero-order chi connectivity index (χ0) is 15.0. The van der Waals surface area contributed by atoms with E-state index in [0.717, 1.165) is 5.56 Å². The highest BCUT2D eigenvalue weighted by molar-refractivity contribution is 14.0. The van der Waals surface area contributed by atoms with Crippen LogP contribution >= 0.6 is 24.0 Å². The minimum absolute atomic E-state index is 0. The summed E-state index contributed by atoms with van der Waals surface area (Å²) in [6, 6.07) is 4.97. The molecule has 0 bridgehead atoms. The van der Waals surface area contributed by atoms with Gasteiger partial charge in [0.15, 0.2) is 17.5 Å². The maximum absolute atomic E-state index is 12.3. The Balaban J connectivity index is 0.00000400. The summed E-state index contributed by atoms with van der Waals surface area (Å²) in [7, 11) is 4.84. The Morgan fingerprint density at radius 1 is 1.33 bits per heavy atom. The first-order valence-corrected chi connectivity index (χ1v) is 6.10. The molecule has 1 aromatic rings. The van der Waals surface area contributed by atoms with Gasteiger partial charge in [-0.1, -0.05) is 6.07 Å². The summed E-state index contributed by atoms with van der Waals surface area (Å²) < 4.78 is 34.0. The molecule has 0 radical (unpaired) electrons. The summed E-state index contributed by atoms with van der Waals surface area (Å²) in [5.74, 6) is 0.994. The number of ether oxygens (including phenoxy) is 2. The minimum Gasteiger partial charge on any atom is -0.493 e. The number of benzene rings is 1. The second-order valence-electron chi connectivity index (χ2n) is 3.86. The van der Waals surface area contributed by atoms with E-state index in [1.165, 1.54) is 7.11 Å². The lowest BCUT2D eigenvalue weighted by Gasteiger charge is -2.12. The number of guanidine groups is 1. The SMILES string of the molecule is CN=C(NC)NCCc1ccc(OC)c(OC(F)F)c1.I. The van der Waals surface area contributed by atoms with Crippen LogP contribution in [0, 0.1) is 0 Å². The van der Waals surface area contributed by atoms with Gasteiger partial charge in [0.25, 0.3) is 0 Å². The number of methoxy groups -OCH3 is 1. The van der Waals surface area contributed by atoms with Crippen molar-refractivity contribution >= 4 is 29.9 Å². The van der Waals surface area contributed by atoms with Crippen molar-refractivity contribution in [1.29, 1.82) is 0 Å². The number of hydrogen-bond donors (Lipinski definition) is 2. The summed E-state index contributed by atoms with van der Waals surface area (Å²) in [6.45, 7) is -2.26. The topological polar surface area (TPSA) is 54.9 Å². The van der Waals surface area contributed by atoms with Crippen LogP contribution in [0.1, 0.15) is 5.56 Å². The van der Waals surface area contributed by atoms with Gasteiger partial charge in [-0.3, -0.25) is 4.99 Å². The van der Waals surface area contributed by atoms with Crippen molar-refractivity contribution in [2.45, 2.75) is 13.0 Å². The number of nitrogens with one attached hydrogen (secondary N) is 2. The third kappa shape index (κ3) is 6.78. The van der Waals surface area contributed by atoms with Gasteiger partial charge in [-0.25, -0.2) is 0 Å². The monoisotopic (exact) mass is 415 g/mol. The molecule has 120 valence electrons. The molecule has 8 heteroatoms. The van der Waals surface area contributed by atoms with E-state index in [4.69, 9.17) is 4.74 Å². The van der Waals surface area contributed by atoms with E-state index in [2.05, 4.69) is 20.4 Å². The molecule has 0 aliphatic rings. The molecule has 0 aliphatic carbocycles. The van der Waals surface area contributed by atoms with Gasteiger partial charge in [-0.2, -0.15) is 8.78 Å². The molecule has 0 unspecified atom stereocenters. The van der Waals surface area contributed by atoms with Crippen LogP contribution in [0.25, 0.3) is 0 Å². The van der Waals surface area contributed by atoms with Crippen LogP contribution in [0.4, 0.5) is 8.78 Å². The van der Waals surface area contributed by atoms with Gasteiger partial charge in [0.2, 0.25) is 0 Å². The van der Waals surface area contributed by atoms with Crippen LogP contribution in [0.5, 0.6) is 11.5 Å². The first-order chi connectivity index (χ1) is 9.60. The van der Waals surface area contributed by atoms with Crippen molar-refractivity contribution in [3.8, 4) is 11.5 Å². The second kappa shape index (κ2) is 10.4. The molecule has 0 amide bonds. The van der Waals surface area contributed by atoms with Gasteiger partial charge in [0, 0.05) is 20.6 Å². The van der Waals surface area contributed by atoms with E-state index in [0.29, 0.717) is 18.9 Å². The summed E-state index contributed by atoms with van der Waals surface area (Å²) in [5.41, 5.74) is 0.862. The average molecular weight is 415 g/mol. The molecule has 0 spiro atoms. The molecule has 2 N–H and O–H groups in total. The minimum atomic E-state index is -2.87. The van der Waals surface area contributed by atoms with Crippen LogP contribution in [0.15, 0.2) is 23.2 Å². The lowest BCUT2D eigenvalue weighted by atomic mass is 10.1. The van der Waals surface area contributed by atoms with Crippen molar-refractivity contribution in [3.63, 3.8) is 0 Å². The Labute approximate surface area is 140 Å². The Morgan fingerprint density at radius 2 is 2.05 bits per heavy atom. The number of nitrogens with zero attached hydrogens (tertiary/aromatic N) is 1. The predicted molar refractivity (Wildman–Crippen MR) is 89.2 cm³/mol. The molecule has 1 aromatic carbocycles. The fraction of sp³-hybridized carbons (Fsp3) is 0.462. The Bertz CT molecular complexity index is 459. The summed E-state index contributed by atoms with van der Waals surface area (Å²) in [6.07, 6.45) is 0.643. The molecular formula is C13H20F2IN3O2. The molecule has 0 heterocycles. The van der Waals surface area contributed by atoms with E-state index >= 15 is 0 Å². The molecule has 0 saturated carbocycles. The Kier molecular flexibility index (Phi) is 9.76.